The second-order valence-corrected chi connectivity index (χ2v) is 8.42. The van der Waals surface area contributed by atoms with Gasteiger partial charge in [0.1, 0.15) is 0 Å². The molecule has 0 bridgehead atoms. The Balaban J connectivity index is 1.55. The van der Waals surface area contributed by atoms with Crippen LogP contribution in [0, 0.1) is 17.5 Å². The molecule has 1 amide bonds. The highest BCUT2D eigenvalue weighted by atomic mass is 32.2. The van der Waals surface area contributed by atoms with Crippen molar-refractivity contribution < 1.29 is 27.4 Å². The maximum atomic E-state index is 13.9. The fourth-order valence-electron chi connectivity index (χ4n) is 3.36. The van der Waals surface area contributed by atoms with Crippen LogP contribution in [0.4, 0.5) is 18.9 Å². The lowest BCUT2D eigenvalue weighted by molar-refractivity contribution is -0.113. The van der Waals surface area contributed by atoms with E-state index in [2.05, 4.69) is 15.5 Å². The number of halogens is 3. The Labute approximate surface area is 209 Å². The number of ether oxygens (including phenoxy) is 2. The van der Waals surface area contributed by atoms with Crippen LogP contribution in [0.5, 0.6) is 11.5 Å². The monoisotopic (exact) mass is 514 g/mol. The zero-order valence-electron chi connectivity index (χ0n) is 19.2. The summed E-state index contributed by atoms with van der Waals surface area (Å²) in [6, 6.07) is 18.1. The standard InChI is InChI=1S/C25H21F3N4O3S/c1-15(35-20-11-7-6-10-19(20)34-2)24-30-31-25(32(24)16-8-4-3-5-9-16)36-14-21(33)29-18-13-12-17(26)22(27)23(18)28/h3-13,15H,14H2,1-2H3,(H,29,33). The summed E-state index contributed by atoms with van der Waals surface area (Å²) in [5, 5.41) is 11.1. The highest BCUT2D eigenvalue weighted by Crippen LogP contribution is 2.32. The fraction of sp³-hybridized carbons (Fsp3) is 0.160. The summed E-state index contributed by atoms with van der Waals surface area (Å²) in [5.41, 5.74) is 0.283. The molecule has 7 nitrogen and oxygen atoms in total. The molecule has 3 aromatic carbocycles. The van der Waals surface area contributed by atoms with Gasteiger partial charge in [0.25, 0.3) is 0 Å². The molecule has 4 aromatic rings. The Morgan fingerprint density at radius 3 is 2.39 bits per heavy atom. The molecule has 1 atom stereocenters. The first-order chi connectivity index (χ1) is 17.4. The Morgan fingerprint density at radius 1 is 0.972 bits per heavy atom. The molecule has 1 aromatic heterocycles. The zero-order chi connectivity index (χ0) is 25.7. The van der Waals surface area contributed by atoms with E-state index in [1.807, 2.05) is 49.4 Å². The van der Waals surface area contributed by atoms with Crippen molar-refractivity contribution in [3.05, 3.63) is 90.0 Å². The number of methoxy groups -OCH3 is 1. The molecular weight excluding hydrogens is 493 g/mol. The summed E-state index contributed by atoms with van der Waals surface area (Å²) < 4.78 is 53.7. The number of hydrogen-bond donors (Lipinski definition) is 1. The average molecular weight is 515 g/mol. The molecule has 0 spiro atoms. The molecule has 0 aliphatic heterocycles. The highest BCUT2D eigenvalue weighted by molar-refractivity contribution is 7.99. The number of rotatable bonds is 9. The molecule has 0 fully saturated rings. The summed E-state index contributed by atoms with van der Waals surface area (Å²) in [4.78, 5) is 12.4. The van der Waals surface area contributed by atoms with Gasteiger partial charge in [0, 0.05) is 5.69 Å². The van der Waals surface area contributed by atoms with Crippen LogP contribution >= 0.6 is 11.8 Å². The molecular formula is C25H21F3N4O3S. The number of carbonyl (C=O) groups is 1. The number of amides is 1. The van der Waals surface area contributed by atoms with E-state index in [1.54, 1.807) is 23.8 Å². The van der Waals surface area contributed by atoms with Gasteiger partial charge in [-0.25, -0.2) is 13.2 Å². The predicted octanol–water partition coefficient (Wildman–Crippen LogP) is 5.56. The molecule has 0 aliphatic carbocycles. The molecule has 186 valence electrons. The van der Waals surface area contributed by atoms with Crippen LogP contribution in [0.15, 0.2) is 71.9 Å². The summed E-state index contributed by atoms with van der Waals surface area (Å²) in [6.07, 6.45) is -0.548. The Kier molecular flexibility index (Phi) is 7.79. The third kappa shape index (κ3) is 5.46. The molecule has 1 heterocycles. The van der Waals surface area contributed by atoms with Gasteiger partial charge in [0.15, 0.2) is 46.0 Å². The van der Waals surface area contributed by atoms with Crippen molar-refractivity contribution in [2.75, 3.05) is 18.2 Å². The molecule has 0 saturated carbocycles. The number of hydrogen-bond acceptors (Lipinski definition) is 6. The summed E-state index contributed by atoms with van der Waals surface area (Å²) in [7, 11) is 1.55. The van der Waals surface area contributed by atoms with Gasteiger partial charge in [-0.3, -0.25) is 9.36 Å². The number of nitrogens with zero attached hydrogens (tertiary/aromatic N) is 3. The minimum Gasteiger partial charge on any atom is -0.493 e. The van der Waals surface area contributed by atoms with E-state index in [-0.39, 0.29) is 5.75 Å². The second-order valence-electron chi connectivity index (χ2n) is 7.48. The van der Waals surface area contributed by atoms with Crippen LogP contribution in [0.3, 0.4) is 0 Å². The third-order valence-corrected chi connectivity index (χ3v) is 5.98. The van der Waals surface area contributed by atoms with Gasteiger partial charge in [0.05, 0.1) is 18.6 Å². The summed E-state index contributed by atoms with van der Waals surface area (Å²) in [6.45, 7) is 1.81. The maximum absolute atomic E-state index is 13.9. The van der Waals surface area contributed by atoms with Gasteiger partial charge in [0.2, 0.25) is 5.91 Å². The van der Waals surface area contributed by atoms with Gasteiger partial charge >= 0.3 is 0 Å². The SMILES string of the molecule is COc1ccccc1OC(C)c1nnc(SCC(=O)Nc2ccc(F)c(F)c2F)n1-c1ccccc1. The van der Waals surface area contributed by atoms with Gasteiger partial charge < -0.3 is 14.8 Å². The Bertz CT molecular complexity index is 1370. The first-order valence-electron chi connectivity index (χ1n) is 10.8. The van der Waals surface area contributed by atoms with Crippen molar-refractivity contribution in [1.29, 1.82) is 0 Å². The van der Waals surface area contributed by atoms with Crippen molar-refractivity contribution in [3.63, 3.8) is 0 Å². The van der Waals surface area contributed by atoms with Crippen molar-refractivity contribution in [2.45, 2.75) is 18.2 Å². The van der Waals surface area contributed by atoms with Gasteiger partial charge in [-0.2, -0.15) is 0 Å². The van der Waals surface area contributed by atoms with Crippen molar-refractivity contribution in [2.24, 2.45) is 0 Å². The van der Waals surface area contributed by atoms with E-state index >= 15 is 0 Å². The van der Waals surface area contributed by atoms with E-state index in [4.69, 9.17) is 9.47 Å². The Morgan fingerprint density at radius 2 is 1.67 bits per heavy atom. The lowest BCUT2D eigenvalue weighted by Crippen LogP contribution is -2.16. The number of anilines is 1. The fourth-order valence-corrected chi connectivity index (χ4v) is 4.11. The van der Waals surface area contributed by atoms with E-state index in [0.717, 1.165) is 29.6 Å². The Hall–Kier alpha value is -3.99. The first kappa shape index (κ1) is 25.1. The van der Waals surface area contributed by atoms with E-state index in [0.29, 0.717) is 22.5 Å². The van der Waals surface area contributed by atoms with Crippen LogP contribution in [0.2, 0.25) is 0 Å². The van der Waals surface area contributed by atoms with E-state index in [1.165, 1.54) is 0 Å². The van der Waals surface area contributed by atoms with Gasteiger partial charge in [-0.05, 0) is 43.3 Å². The highest BCUT2D eigenvalue weighted by Gasteiger charge is 2.23. The lowest BCUT2D eigenvalue weighted by atomic mass is 10.3. The molecule has 36 heavy (non-hydrogen) atoms. The number of nitrogens with one attached hydrogen (secondary N) is 1. The van der Waals surface area contributed by atoms with Crippen LogP contribution in [0.1, 0.15) is 18.9 Å². The van der Waals surface area contributed by atoms with E-state index < -0.39 is 35.2 Å². The largest absolute Gasteiger partial charge is 0.493 e. The normalized spacial score (nSPS) is 11.7. The molecule has 4 rings (SSSR count). The lowest BCUT2D eigenvalue weighted by Gasteiger charge is -2.18. The summed E-state index contributed by atoms with van der Waals surface area (Å²) in [5.74, 6) is -3.72. The minimum atomic E-state index is -1.65. The third-order valence-electron chi connectivity index (χ3n) is 5.05. The van der Waals surface area contributed by atoms with Crippen LogP contribution in [0.25, 0.3) is 5.69 Å². The molecule has 0 radical (unpaired) electrons. The number of benzene rings is 3. The first-order valence-corrected chi connectivity index (χ1v) is 11.7. The molecule has 1 unspecified atom stereocenters. The molecule has 11 heteroatoms. The van der Waals surface area contributed by atoms with Gasteiger partial charge in [-0.1, -0.05) is 42.1 Å². The molecule has 0 aliphatic rings. The van der Waals surface area contributed by atoms with Crippen LogP contribution in [-0.4, -0.2) is 33.5 Å². The van der Waals surface area contributed by atoms with Crippen molar-refractivity contribution in [3.8, 4) is 17.2 Å². The average Bonchev–Trinajstić information content (AvgIpc) is 3.33. The van der Waals surface area contributed by atoms with Gasteiger partial charge in [-0.15, -0.1) is 10.2 Å². The van der Waals surface area contributed by atoms with Crippen LogP contribution in [-0.2, 0) is 4.79 Å². The smallest absolute Gasteiger partial charge is 0.234 e. The maximum Gasteiger partial charge on any atom is 0.234 e. The quantitative estimate of drug-likeness (QED) is 0.233. The predicted molar refractivity (Wildman–Crippen MR) is 129 cm³/mol. The number of carbonyl (C=O) groups excluding carboxylic acids is 1. The molecule has 1 N–H and O–H groups in total. The second kappa shape index (κ2) is 11.2. The van der Waals surface area contributed by atoms with Crippen molar-refractivity contribution in [1.82, 2.24) is 14.8 Å². The number of thioether (sulfide) groups is 1. The van der Waals surface area contributed by atoms with Crippen molar-refractivity contribution >= 4 is 23.4 Å². The van der Waals surface area contributed by atoms with Crippen LogP contribution < -0.4 is 14.8 Å². The summed E-state index contributed by atoms with van der Waals surface area (Å²) >= 11 is 1.04. The zero-order valence-corrected chi connectivity index (χ0v) is 20.1. The number of para-hydroxylation sites is 3. The minimum absolute atomic E-state index is 0.189. The number of aromatic nitrogens is 3. The van der Waals surface area contributed by atoms with E-state index in [9.17, 15) is 18.0 Å². The topological polar surface area (TPSA) is 78.3 Å². The molecule has 0 saturated heterocycles.